The number of benzene rings is 1. The predicted molar refractivity (Wildman–Crippen MR) is 130 cm³/mol. The molecule has 0 radical (unpaired) electrons. The Morgan fingerprint density at radius 2 is 1.65 bits per heavy atom. The van der Waals surface area contributed by atoms with Gasteiger partial charge in [-0.05, 0) is 112 Å². The van der Waals surface area contributed by atoms with Gasteiger partial charge in [0, 0.05) is 0 Å². The Balaban J connectivity index is 1.27. The van der Waals surface area contributed by atoms with Crippen LogP contribution in [0, 0.1) is 35.5 Å². The van der Waals surface area contributed by atoms with Crippen molar-refractivity contribution < 1.29 is 23.0 Å². The second-order valence-corrected chi connectivity index (χ2v) is 10.7. The summed E-state index contributed by atoms with van der Waals surface area (Å²) in [7, 11) is 0. The van der Waals surface area contributed by atoms with E-state index in [1.165, 1.54) is 82.1 Å². The molecule has 1 aromatic carbocycles. The average molecular weight is 475 g/mol. The number of hydrogen-bond acceptors (Lipinski definition) is 3. The molecule has 0 spiro atoms. The van der Waals surface area contributed by atoms with E-state index < -0.39 is 6.61 Å². The van der Waals surface area contributed by atoms with E-state index in [0.29, 0.717) is 17.6 Å². The number of fused-ring (bicyclic) bond motifs is 1. The van der Waals surface area contributed by atoms with Gasteiger partial charge >= 0.3 is 12.6 Å². The Morgan fingerprint density at radius 1 is 0.941 bits per heavy atom. The minimum absolute atomic E-state index is 0.0425. The molecule has 5 heteroatoms. The molecule has 0 aromatic heterocycles. The number of hydrogen-bond donors (Lipinski definition) is 0. The number of alkyl halides is 2. The van der Waals surface area contributed by atoms with Crippen LogP contribution in [0.25, 0.3) is 0 Å². The zero-order valence-corrected chi connectivity index (χ0v) is 20.5. The van der Waals surface area contributed by atoms with Crippen LogP contribution in [0.5, 0.6) is 11.5 Å². The van der Waals surface area contributed by atoms with Gasteiger partial charge in [0.05, 0.1) is 5.92 Å². The monoisotopic (exact) mass is 474 g/mol. The van der Waals surface area contributed by atoms with Gasteiger partial charge in [-0.1, -0.05) is 37.8 Å². The molecule has 3 nitrogen and oxygen atoms in total. The van der Waals surface area contributed by atoms with Crippen LogP contribution in [-0.2, 0) is 4.79 Å². The molecule has 0 bridgehead atoms. The topological polar surface area (TPSA) is 35.5 Å². The molecule has 0 heterocycles. The molecule has 4 atom stereocenters. The molecule has 0 aliphatic heterocycles. The molecule has 3 fully saturated rings. The third kappa shape index (κ3) is 6.60. The fourth-order valence-corrected chi connectivity index (χ4v) is 7.05. The van der Waals surface area contributed by atoms with Crippen LogP contribution >= 0.6 is 0 Å². The summed E-state index contributed by atoms with van der Waals surface area (Å²) < 4.78 is 34.7. The third-order valence-electron chi connectivity index (χ3n) is 8.79. The summed E-state index contributed by atoms with van der Waals surface area (Å²) in [6.07, 6.45) is 19.5. The Bertz CT molecular complexity index is 798. The van der Waals surface area contributed by atoms with Crippen molar-refractivity contribution in [2.45, 2.75) is 90.6 Å². The van der Waals surface area contributed by atoms with E-state index in [9.17, 15) is 13.6 Å². The van der Waals surface area contributed by atoms with Gasteiger partial charge in [0.1, 0.15) is 11.5 Å². The Labute approximate surface area is 203 Å². The molecule has 0 N–H and O–H groups in total. The van der Waals surface area contributed by atoms with Crippen molar-refractivity contribution >= 4 is 5.97 Å². The van der Waals surface area contributed by atoms with Crippen LogP contribution in [0.4, 0.5) is 8.78 Å². The van der Waals surface area contributed by atoms with Gasteiger partial charge in [-0.25, -0.2) is 0 Å². The molecule has 0 saturated heterocycles. The van der Waals surface area contributed by atoms with Gasteiger partial charge in [-0.15, -0.1) is 0 Å². The highest BCUT2D eigenvalue weighted by Crippen LogP contribution is 2.50. The number of halogens is 2. The first-order chi connectivity index (χ1) is 16.5. The summed E-state index contributed by atoms with van der Waals surface area (Å²) >= 11 is 0. The highest BCUT2D eigenvalue weighted by atomic mass is 19.3. The molecule has 3 aliphatic rings. The fourth-order valence-electron chi connectivity index (χ4n) is 7.05. The number of rotatable bonds is 8. The van der Waals surface area contributed by atoms with Crippen molar-refractivity contribution in [2.75, 3.05) is 0 Å². The van der Waals surface area contributed by atoms with Crippen molar-refractivity contribution in [3.8, 4) is 11.5 Å². The van der Waals surface area contributed by atoms with E-state index in [1.807, 2.05) is 0 Å². The van der Waals surface area contributed by atoms with Crippen LogP contribution < -0.4 is 9.47 Å². The standard InChI is InChI=1S/C29H40F2O3/c1-2-3-4-6-20-9-11-21(12-10-20)22-13-18-26-23(19-22)7-5-8-27(26)28(32)33-24-14-16-25(17-15-24)34-29(30)31/h2-3,14-17,20-23,26-27,29H,4-13,18-19H2,1H3/b3-2+. The van der Waals surface area contributed by atoms with Crippen molar-refractivity contribution in [1.29, 1.82) is 0 Å². The molecule has 4 rings (SSSR count). The minimum atomic E-state index is -2.86. The lowest BCUT2D eigenvalue weighted by atomic mass is 9.59. The first-order valence-electron chi connectivity index (χ1n) is 13.4. The normalized spacial score (nSPS) is 31.9. The molecule has 188 valence electrons. The molecular formula is C29H40F2O3. The maximum Gasteiger partial charge on any atom is 0.387 e. The van der Waals surface area contributed by atoms with Crippen LogP contribution in [0.2, 0.25) is 0 Å². The summed E-state index contributed by atoms with van der Waals surface area (Å²) in [5, 5.41) is 0. The van der Waals surface area contributed by atoms with Crippen molar-refractivity contribution in [1.82, 2.24) is 0 Å². The molecule has 3 saturated carbocycles. The summed E-state index contributed by atoms with van der Waals surface area (Å²) in [4.78, 5) is 13.0. The maximum absolute atomic E-state index is 13.0. The van der Waals surface area contributed by atoms with Crippen molar-refractivity contribution in [2.24, 2.45) is 35.5 Å². The number of carbonyl (C=O) groups excluding carboxylic acids is 1. The SMILES string of the molecule is C/C=C/CCC1CCC(C2CCC3C(CCCC3C(=O)Oc3ccc(OC(F)F)cc3)C2)CC1. The Kier molecular flexibility index (Phi) is 9.02. The van der Waals surface area contributed by atoms with Crippen LogP contribution in [0.3, 0.4) is 0 Å². The van der Waals surface area contributed by atoms with Crippen molar-refractivity contribution in [3.05, 3.63) is 36.4 Å². The third-order valence-corrected chi connectivity index (χ3v) is 8.79. The smallest absolute Gasteiger partial charge is 0.387 e. The van der Waals surface area contributed by atoms with Crippen LogP contribution in [-0.4, -0.2) is 12.6 Å². The van der Waals surface area contributed by atoms with Gasteiger partial charge in [0.25, 0.3) is 0 Å². The summed E-state index contributed by atoms with van der Waals surface area (Å²) in [5.41, 5.74) is 0. The van der Waals surface area contributed by atoms with Crippen molar-refractivity contribution in [3.63, 3.8) is 0 Å². The minimum Gasteiger partial charge on any atom is -0.435 e. The summed E-state index contributed by atoms with van der Waals surface area (Å²) in [5.74, 6) is 3.95. The van der Waals surface area contributed by atoms with Crippen LogP contribution in [0.15, 0.2) is 36.4 Å². The van der Waals surface area contributed by atoms with E-state index in [0.717, 1.165) is 37.0 Å². The fraction of sp³-hybridized carbons (Fsp3) is 0.690. The maximum atomic E-state index is 13.0. The largest absolute Gasteiger partial charge is 0.435 e. The lowest BCUT2D eigenvalue weighted by Crippen LogP contribution is -2.40. The average Bonchev–Trinajstić information content (AvgIpc) is 2.85. The summed E-state index contributed by atoms with van der Waals surface area (Å²) in [6.45, 7) is -0.755. The summed E-state index contributed by atoms with van der Waals surface area (Å²) in [6, 6.07) is 5.89. The number of carbonyl (C=O) groups is 1. The predicted octanol–water partition coefficient (Wildman–Crippen LogP) is 8.19. The first-order valence-corrected chi connectivity index (χ1v) is 13.4. The second kappa shape index (κ2) is 12.2. The lowest BCUT2D eigenvalue weighted by molar-refractivity contribution is -0.144. The van der Waals surface area contributed by atoms with E-state index >= 15 is 0 Å². The molecular weight excluding hydrogens is 434 g/mol. The van der Waals surface area contributed by atoms with E-state index in [2.05, 4.69) is 23.8 Å². The lowest BCUT2D eigenvalue weighted by Gasteiger charge is -2.46. The molecule has 3 aliphatic carbocycles. The molecule has 4 unspecified atom stereocenters. The first kappa shape index (κ1) is 25.2. The Morgan fingerprint density at radius 3 is 2.35 bits per heavy atom. The van der Waals surface area contributed by atoms with Gasteiger partial charge in [0.15, 0.2) is 0 Å². The van der Waals surface area contributed by atoms with Gasteiger partial charge in [-0.2, -0.15) is 8.78 Å². The number of allylic oxidation sites excluding steroid dienone is 2. The quantitative estimate of drug-likeness (QED) is 0.216. The highest BCUT2D eigenvalue weighted by molar-refractivity contribution is 5.75. The molecule has 34 heavy (non-hydrogen) atoms. The Hall–Kier alpha value is -1.91. The second-order valence-electron chi connectivity index (χ2n) is 10.7. The van der Waals surface area contributed by atoms with Gasteiger partial charge < -0.3 is 9.47 Å². The van der Waals surface area contributed by atoms with Gasteiger partial charge in [0.2, 0.25) is 0 Å². The highest BCUT2D eigenvalue weighted by Gasteiger charge is 2.43. The molecule has 1 aromatic rings. The van der Waals surface area contributed by atoms with Crippen LogP contribution in [0.1, 0.15) is 84.0 Å². The zero-order valence-electron chi connectivity index (χ0n) is 20.5. The molecule has 0 amide bonds. The van der Waals surface area contributed by atoms with E-state index in [1.54, 1.807) is 0 Å². The number of ether oxygens (including phenoxy) is 2. The zero-order chi connectivity index (χ0) is 23.9. The number of esters is 1. The van der Waals surface area contributed by atoms with E-state index in [-0.39, 0.29) is 17.6 Å². The van der Waals surface area contributed by atoms with Gasteiger partial charge in [-0.3, -0.25) is 4.79 Å². The van der Waals surface area contributed by atoms with E-state index in [4.69, 9.17) is 4.74 Å².